The molecule has 0 radical (unpaired) electrons. The highest BCUT2D eigenvalue weighted by Crippen LogP contribution is 2.41. The molecular weight excluding hydrogens is 400 g/mol. The second-order valence-corrected chi connectivity index (χ2v) is 6.82. The molecule has 1 heterocycles. The summed E-state index contributed by atoms with van der Waals surface area (Å²) in [5.41, 5.74) is 3.20. The number of aryl methyl sites for hydroxylation is 1. The van der Waals surface area contributed by atoms with E-state index >= 15 is 0 Å². The Balaban J connectivity index is 2.04. The maximum atomic E-state index is 11.3. The lowest BCUT2D eigenvalue weighted by molar-refractivity contribution is -0.139. The van der Waals surface area contributed by atoms with E-state index in [1.165, 1.54) is 21.0 Å². The molecule has 2 aromatic carbocycles. The Morgan fingerprint density at radius 1 is 0.968 bits per heavy atom. The van der Waals surface area contributed by atoms with Crippen LogP contribution in [0.15, 0.2) is 40.8 Å². The number of esters is 2. The van der Waals surface area contributed by atoms with E-state index in [4.69, 9.17) is 23.4 Å². The number of methoxy groups -OCH3 is 2. The van der Waals surface area contributed by atoms with Crippen molar-refractivity contribution in [1.82, 2.24) is 0 Å². The van der Waals surface area contributed by atoms with E-state index in [2.05, 4.69) is 0 Å². The molecule has 0 spiro atoms. The van der Waals surface area contributed by atoms with Crippen LogP contribution in [0.5, 0.6) is 17.2 Å². The molecule has 7 nitrogen and oxygen atoms in total. The Hall–Kier alpha value is -3.74. The van der Waals surface area contributed by atoms with Crippen molar-refractivity contribution in [3.05, 3.63) is 47.5 Å². The first-order chi connectivity index (χ1) is 14.8. The number of rotatable bonds is 7. The summed E-state index contributed by atoms with van der Waals surface area (Å²) in [5.74, 6) is 1.25. The molecule has 0 fully saturated rings. The van der Waals surface area contributed by atoms with Crippen LogP contribution >= 0.6 is 0 Å². The number of carbonyl (C=O) groups is 2. The Kier molecular flexibility index (Phi) is 6.65. The van der Waals surface area contributed by atoms with E-state index in [-0.39, 0.29) is 12.6 Å². The number of benzene rings is 2. The second kappa shape index (κ2) is 9.38. The zero-order valence-electron chi connectivity index (χ0n) is 18.1. The summed E-state index contributed by atoms with van der Waals surface area (Å²) in [6.07, 6.45) is 3.62. The Morgan fingerprint density at radius 2 is 1.71 bits per heavy atom. The molecule has 3 aromatic rings. The van der Waals surface area contributed by atoms with Gasteiger partial charge in [0.1, 0.15) is 12.4 Å². The molecule has 0 N–H and O–H groups in total. The van der Waals surface area contributed by atoms with Crippen molar-refractivity contribution in [3.63, 3.8) is 0 Å². The first-order valence-electron chi connectivity index (χ1n) is 9.62. The predicted molar refractivity (Wildman–Crippen MR) is 116 cm³/mol. The van der Waals surface area contributed by atoms with Gasteiger partial charge in [-0.2, -0.15) is 0 Å². The van der Waals surface area contributed by atoms with E-state index in [1.807, 2.05) is 25.1 Å². The molecule has 0 saturated carbocycles. The van der Waals surface area contributed by atoms with Crippen LogP contribution in [0.3, 0.4) is 0 Å². The average Bonchev–Trinajstić information content (AvgIpc) is 3.07. The van der Waals surface area contributed by atoms with Crippen molar-refractivity contribution in [1.29, 1.82) is 0 Å². The summed E-state index contributed by atoms with van der Waals surface area (Å²) in [7, 11) is 3.09. The zero-order valence-corrected chi connectivity index (χ0v) is 18.1. The van der Waals surface area contributed by atoms with Gasteiger partial charge < -0.3 is 23.4 Å². The maximum absolute atomic E-state index is 11.3. The second-order valence-electron chi connectivity index (χ2n) is 6.82. The van der Waals surface area contributed by atoms with E-state index < -0.39 is 5.97 Å². The lowest BCUT2D eigenvalue weighted by Crippen LogP contribution is -2.03. The smallest absolute Gasteiger partial charge is 0.308 e. The monoisotopic (exact) mass is 424 g/mol. The van der Waals surface area contributed by atoms with Crippen molar-refractivity contribution >= 4 is 29.0 Å². The highest BCUT2D eigenvalue weighted by molar-refractivity contribution is 5.93. The van der Waals surface area contributed by atoms with Crippen molar-refractivity contribution < 1.29 is 33.0 Å². The Labute approximate surface area is 180 Å². The van der Waals surface area contributed by atoms with Crippen LogP contribution < -0.4 is 14.2 Å². The number of carbonyl (C=O) groups excluding carboxylic acids is 2. The molecule has 0 saturated heterocycles. The van der Waals surface area contributed by atoms with Crippen molar-refractivity contribution in [2.75, 3.05) is 20.8 Å². The largest absolute Gasteiger partial charge is 0.493 e. The van der Waals surface area contributed by atoms with Gasteiger partial charge in [-0.25, -0.2) is 0 Å². The summed E-state index contributed by atoms with van der Waals surface area (Å²) in [6.45, 7) is 4.85. The third-order valence-corrected chi connectivity index (χ3v) is 4.62. The summed E-state index contributed by atoms with van der Waals surface area (Å²) in [5, 5.41) is 0.893. The van der Waals surface area contributed by atoms with Gasteiger partial charge in [0.25, 0.3) is 0 Å². The van der Waals surface area contributed by atoms with E-state index in [1.54, 1.807) is 31.4 Å². The molecule has 0 aliphatic carbocycles. The number of hydrogen-bond acceptors (Lipinski definition) is 7. The van der Waals surface area contributed by atoms with Gasteiger partial charge in [-0.05, 0) is 48.9 Å². The standard InChI is InChI=1S/C24H24O7/c1-14-19-11-17(7-6-10-29-15(2)25)12-22(28-5)24(19)31-23(14)18-8-9-20(30-16(3)26)21(13-18)27-4/h6-9,11-13H,10H2,1-5H3. The van der Waals surface area contributed by atoms with Crippen LogP contribution in [0, 0.1) is 6.92 Å². The Bertz CT molecular complexity index is 1150. The molecule has 1 aromatic heterocycles. The van der Waals surface area contributed by atoms with Gasteiger partial charge in [0.05, 0.1) is 14.2 Å². The van der Waals surface area contributed by atoms with E-state index in [0.29, 0.717) is 28.6 Å². The van der Waals surface area contributed by atoms with E-state index in [0.717, 1.165) is 22.1 Å². The topological polar surface area (TPSA) is 84.2 Å². The fraction of sp³-hybridized carbons (Fsp3) is 0.250. The summed E-state index contributed by atoms with van der Waals surface area (Å²) in [6, 6.07) is 9.06. The Morgan fingerprint density at radius 3 is 2.35 bits per heavy atom. The molecule has 0 unspecified atom stereocenters. The van der Waals surface area contributed by atoms with Gasteiger partial charge in [0, 0.05) is 30.4 Å². The molecule has 0 aliphatic heterocycles. The van der Waals surface area contributed by atoms with Gasteiger partial charge in [-0.15, -0.1) is 0 Å². The van der Waals surface area contributed by atoms with Gasteiger partial charge >= 0.3 is 11.9 Å². The minimum Gasteiger partial charge on any atom is -0.493 e. The normalized spacial score (nSPS) is 11.0. The zero-order chi connectivity index (χ0) is 22.5. The summed E-state index contributed by atoms with van der Waals surface area (Å²) >= 11 is 0. The van der Waals surface area contributed by atoms with Gasteiger partial charge in [0.2, 0.25) is 0 Å². The van der Waals surface area contributed by atoms with Crippen molar-refractivity contribution in [2.45, 2.75) is 20.8 Å². The van der Waals surface area contributed by atoms with Gasteiger partial charge in [-0.3, -0.25) is 9.59 Å². The third-order valence-electron chi connectivity index (χ3n) is 4.62. The van der Waals surface area contributed by atoms with Crippen LogP contribution in [0.4, 0.5) is 0 Å². The highest BCUT2D eigenvalue weighted by Gasteiger charge is 2.18. The number of fused-ring (bicyclic) bond motifs is 1. The molecule has 0 bridgehead atoms. The predicted octanol–water partition coefficient (Wildman–Crippen LogP) is 4.93. The highest BCUT2D eigenvalue weighted by atomic mass is 16.6. The summed E-state index contributed by atoms with van der Waals surface area (Å²) < 4.78 is 27.2. The lowest BCUT2D eigenvalue weighted by atomic mass is 10.0. The van der Waals surface area contributed by atoms with Crippen LogP contribution in [0.2, 0.25) is 0 Å². The van der Waals surface area contributed by atoms with Gasteiger partial charge in [-0.1, -0.05) is 6.08 Å². The maximum Gasteiger partial charge on any atom is 0.308 e. The van der Waals surface area contributed by atoms with Crippen LogP contribution in [-0.2, 0) is 14.3 Å². The number of furan rings is 1. The molecule has 3 rings (SSSR count). The third kappa shape index (κ3) is 4.88. The SMILES string of the molecule is COc1cc(-c2oc3c(OC)cc(C=CCOC(C)=O)cc3c2C)ccc1OC(C)=O. The lowest BCUT2D eigenvalue weighted by Gasteiger charge is -2.09. The van der Waals surface area contributed by atoms with Gasteiger partial charge in [0.15, 0.2) is 22.8 Å². The van der Waals surface area contributed by atoms with E-state index in [9.17, 15) is 9.59 Å². The minimum atomic E-state index is -0.426. The molecule has 162 valence electrons. The molecule has 0 atom stereocenters. The van der Waals surface area contributed by atoms with Crippen LogP contribution in [-0.4, -0.2) is 32.8 Å². The first kappa shape index (κ1) is 22.0. The fourth-order valence-corrected chi connectivity index (χ4v) is 3.23. The molecule has 31 heavy (non-hydrogen) atoms. The number of hydrogen-bond donors (Lipinski definition) is 0. The number of ether oxygens (including phenoxy) is 4. The van der Waals surface area contributed by atoms with Crippen LogP contribution in [0.25, 0.3) is 28.4 Å². The van der Waals surface area contributed by atoms with Crippen molar-refractivity contribution in [3.8, 4) is 28.6 Å². The molecule has 0 aliphatic rings. The quantitative estimate of drug-likeness (QED) is 0.393. The van der Waals surface area contributed by atoms with Crippen molar-refractivity contribution in [2.24, 2.45) is 0 Å². The minimum absolute atomic E-state index is 0.194. The molecule has 0 amide bonds. The molecular formula is C24H24O7. The first-order valence-corrected chi connectivity index (χ1v) is 9.62. The fourth-order valence-electron chi connectivity index (χ4n) is 3.23. The molecule has 7 heteroatoms. The summed E-state index contributed by atoms with van der Waals surface area (Å²) in [4.78, 5) is 22.2. The average molecular weight is 424 g/mol. The van der Waals surface area contributed by atoms with Crippen LogP contribution in [0.1, 0.15) is 25.0 Å².